The monoisotopic (exact) mass is 295 g/mol. The van der Waals surface area contributed by atoms with E-state index in [4.69, 9.17) is 9.47 Å². The Morgan fingerprint density at radius 3 is 2.48 bits per heavy atom. The van der Waals surface area contributed by atoms with Crippen molar-refractivity contribution in [3.8, 4) is 5.75 Å². The molecule has 0 bridgehead atoms. The average Bonchev–Trinajstić information content (AvgIpc) is 2.35. The lowest BCUT2D eigenvalue weighted by atomic mass is 9.72. The van der Waals surface area contributed by atoms with E-state index in [0.29, 0.717) is 18.3 Å². The summed E-state index contributed by atoms with van der Waals surface area (Å²) in [5.41, 5.74) is 0.587. The van der Waals surface area contributed by atoms with Crippen molar-refractivity contribution in [1.29, 1.82) is 0 Å². The zero-order valence-electron chi connectivity index (χ0n) is 13.5. The van der Waals surface area contributed by atoms with Gasteiger partial charge in [0.25, 0.3) is 0 Å². The molecule has 6 heteroatoms. The third-order valence-electron chi connectivity index (χ3n) is 2.99. The van der Waals surface area contributed by atoms with Crippen LogP contribution in [-0.4, -0.2) is 26.1 Å². The summed E-state index contributed by atoms with van der Waals surface area (Å²) in [7, 11) is 2.00. The molecule has 0 heterocycles. The first kappa shape index (κ1) is 17.3. The number of benzene rings is 1. The molecule has 0 fully saturated rings. The Labute approximate surface area is 126 Å². The van der Waals surface area contributed by atoms with Crippen molar-refractivity contribution in [1.82, 2.24) is 5.32 Å². The number of halogens is 1. The normalized spacial score (nSPS) is 12.5. The van der Waals surface area contributed by atoms with Gasteiger partial charge in [0.15, 0.2) is 18.8 Å². The molecule has 0 aromatic heterocycles. The van der Waals surface area contributed by atoms with E-state index in [0.717, 1.165) is 0 Å². The Hall–Kier alpha value is -1.72. The summed E-state index contributed by atoms with van der Waals surface area (Å²) in [6.45, 7) is 8.99. The smallest absolute Gasteiger partial charge is 0.408 e. The Balaban J connectivity index is 2.95. The number of carbonyl (C=O) groups is 1. The standard InChI is InChI=1S/C15H23BFNO3/c1-9(18-14(19)21-15(2,3)4)10-7-8-11(16-5)12(17)13(10)20-6/h7-9,16H,1-6H3,(H,18,19). The number of rotatable bonds is 4. The van der Waals surface area contributed by atoms with Crippen molar-refractivity contribution < 1.29 is 18.7 Å². The van der Waals surface area contributed by atoms with Crippen LogP contribution in [0.15, 0.2) is 12.1 Å². The largest absolute Gasteiger partial charge is 0.493 e. The van der Waals surface area contributed by atoms with Crippen molar-refractivity contribution >= 4 is 18.8 Å². The van der Waals surface area contributed by atoms with Crippen LogP contribution in [0.1, 0.15) is 39.3 Å². The number of methoxy groups -OCH3 is 1. The van der Waals surface area contributed by atoms with Crippen LogP contribution in [0.4, 0.5) is 9.18 Å². The van der Waals surface area contributed by atoms with Gasteiger partial charge in [-0.3, -0.25) is 0 Å². The Kier molecular flexibility index (Phi) is 5.64. The fraction of sp³-hybridized carbons (Fsp3) is 0.533. The quantitative estimate of drug-likeness (QED) is 0.868. The summed E-state index contributed by atoms with van der Waals surface area (Å²) in [6.07, 6.45) is -0.544. The molecular weight excluding hydrogens is 272 g/mol. The molecule has 1 unspecified atom stereocenters. The highest BCUT2D eigenvalue weighted by atomic mass is 19.1. The van der Waals surface area contributed by atoms with Crippen molar-refractivity contribution in [3.63, 3.8) is 0 Å². The molecule has 0 aliphatic rings. The predicted octanol–water partition coefficient (Wildman–Crippen LogP) is 2.53. The van der Waals surface area contributed by atoms with E-state index in [9.17, 15) is 9.18 Å². The number of ether oxygens (including phenoxy) is 2. The van der Waals surface area contributed by atoms with Crippen LogP contribution in [0.25, 0.3) is 0 Å². The van der Waals surface area contributed by atoms with Gasteiger partial charge in [0.2, 0.25) is 0 Å². The van der Waals surface area contributed by atoms with Crippen LogP contribution in [0, 0.1) is 5.82 Å². The van der Waals surface area contributed by atoms with Gasteiger partial charge in [0.05, 0.1) is 13.2 Å². The Morgan fingerprint density at radius 1 is 1.38 bits per heavy atom. The van der Waals surface area contributed by atoms with Crippen molar-refractivity contribution in [3.05, 3.63) is 23.5 Å². The van der Waals surface area contributed by atoms with Gasteiger partial charge in [-0.2, -0.15) is 0 Å². The molecular formula is C15H23BFNO3. The summed E-state index contributed by atoms with van der Waals surface area (Å²) < 4.78 is 24.6. The second-order valence-corrected chi connectivity index (χ2v) is 5.88. The molecule has 0 radical (unpaired) electrons. The minimum absolute atomic E-state index is 0.165. The highest BCUT2D eigenvalue weighted by molar-refractivity contribution is 6.52. The molecule has 1 amide bonds. The number of amides is 1. The predicted molar refractivity (Wildman–Crippen MR) is 83.4 cm³/mol. The van der Waals surface area contributed by atoms with E-state index in [1.165, 1.54) is 7.11 Å². The van der Waals surface area contributed by atoms with Gasteiger partial charge >= 0.3 is 6.09 Å². The lowest BCUT2D eigenvalue weighted by molar-refractivity contribution is 0.0507. The SMILES string of the molecule is CBc1ccc(C(C)NC(=O)OC(C)(C)C)c(OC)c1F. The molecule has 1 N–H and O–H groups in total. The summed E-state index contributed by atoms with van der Waals surface area (Å²) in [4.78, 5) is 11.8. The maximum Gasteiger partial charge on any atom is 0.408 e. The van der Waals surface area contributed by atoms with Crippen molar-refractivity contribution in [2.45, 2.75) is 46.2 Å². The number of nitrogens with one attached hydrogen (secondary N) is 1. The van der Waals surface area contributed by atoms with E-state index in [-0.39, 0.29) is 11.6 Å². The number of alkyl carbamates (subject to hydrolysis) is 1. The van der Waals surface area contributed by atoms with Gasteiger partial charge in [-0.1, -0.05) is 19.0 Å². The molecule has 0 saturated heterocycles. The van der Waals surface area contributed by atoms with Crippen LogP contribution in [0.2, 0.25) is 6.82 Å². The third kappa shape index (κ3) is 4.65. The Morgan fingerprint density at radius 2 is 2.00 bits per heavy atom. The maximum absolute atomic E-state index is 14.2. The summed E-state index contributed by atoms with van der Waals surface area (Å²) in [6, 6.07) is 3.05. The van der Waals surface area contributed by atoms with Gasteiger partial charge in [0, 0.05) is 5.56 Å². The molecule has 0 aliphatic carbocycles. The van der Waals surface area contributed by atoms with Crippen LogP contribution in [-0.2, 0) is 4.74 Å². The minimum atomic E-state index is -0.578. The molecule has 21 heavy (non-hydrogen) atoms. The van der Waals surface area contributed by atoms with Crippen LogP contribution >= 0.6 is 0 Å². The van der Waals surface area contributed by atoms with Gasteiger partial charge in [-0.15, -0.1) is 0 Å². The highest BCUT2D eigenvalue weighted by Gasteiger charge is 2.22. The maximum atomic E-state index is 14.2. The lowest BCUT2D eigenvalue weighted by Gasteiger charge is -2.23. The van der Waals surface area contributed by atoms with Crippen molar-refractivity contribution in [2.75, 3.05) is 7.11 Å². The third-order valence-corrected chi connectivity index (χ3v) is 2.99. The molecule has 1 atom stereocenters. The molecule has 116 valence electrons. The van der Waals surface area contributed by atoms with Gasteiger partial charge in [-0.05, 0) is 33.2 Å². The molecule has 1 rings (SSSR count). The zero-order valence-corrected chi connectivity index (χ0v) is 13.5. The number of carbonyl (C=O) groups excluding carboxylic acids is 1. The van der Waals surface area contributed by atoms with Crippen LogP contribution in [0.3, 0.4) is 0 Å². The summed E-state index contributed by atoms with van der Waals surface area (Å²) in [5, 5.41) is 2.68. The first-order valence-corrected chi connectivity index (χ1v) is 7.04. The molecule has 4 nitrogen and oxygen atoms in total. The molecule has 1 aromatic carbocycles. The molecule has 1 aromatic rings. The molecule has 0 aliphatic heterocycles. The van der Waals surface area contributed by atoms with Gasteiger partial charge < -0.3 is 14.8 Å². The van der Waals surface area contributed by atoms with E-state index in [1.807, 2.05) is 6.82 Å². The average molecular weight is 295 g/mol. The zero-order chi connectivity index (χ0) is 16.2. The second-order valence-electron chi connectivity index (χ2n) is 5.88. The van der Waals surface area contributed by atoms with Crippen LogP contribution in [0.5, 0.6) is 5.75 Å². The fourth-order valence-electron chi connectivity index (χ4n) is 2.00. The van der Waals surface area contributed by atoms with Gasteiger partial charge in [0.1, 0.15) is 5.60 Å². The van der Waals surface area contributed by atoms with E-state index in [1.54, 1.807) is 39.8 Å². The minimum Gasteiger partial charge on any atom is -0.493 e. The van der Waals surface area contributed by atoms with E-state index >= 15 is 0 Å². The number of hydrogen-bond acceptors (Lipinski definition) is 3. The highest BCUT2D eigenvalue weighted by Crippen LogP contribution is 2.27. The summed E-state index contributed by atoms with van der Waals surface area (Å²) in [5.74, 6) is -0.215. The van der Waals surface area contributed by atoms with Crippen LogP contribution < -0.4 is 15.5 Å². The topological polar surface area (TPSA) is 47.6 Å². The Bertz CT molecular complexity index is 514. The fourth-order valence-corrected chi connectivity index (χ4v) is 2.00. The second kappa shape index (κ2) is 6.83. The first-order chi connectivity index (χ1) is 9.69. The van der Waals surface area contributed by atoms with Gasteiger partial charge in [-0.25, -0.2) is 9.18 Å². The van der Waals surface area contributed by atoms with Crippen molar-refractivity contribution in [2.24, 2.45) is 0 Å². The first-order valence-electron chi connectivity index (χ1n) is 7.04. The lowest BCUT2D eigenvalue weighted by Crippen LogP contribution is -2.34. The van der Waals surface area contributed by atoms with E-state index in [2.05, 4.69) is 5.32 Å². The molecule has 0 spiro atoms. The van der Waals surface area contributed by atoms with E-state index < -0.39 is 17.7 Å². The summed E-state index contributed by atoms with van der Waals surface area (Å²) >= 11 is 0. The number of hydrogen-bond donors (Lipinski definition) is 1. The molecule has 0 saturated carbocycles.